The van der Waals surface area contributed by atoms with E-state index in [0.717, 1.165) is 45.1 Å². The van der Waals surface area contributed by atoms with Crippen molar-refractivity contribution in [2.24, 2.45) is 0 Å². The zero-order valence-corrected chi connectivity index (χ0v) is 16.1. The van der Waals surface area contributed by atoms with Crippen LogP contribution in [0.3, 0.4) is 0 Å². The van der Waals surface area contributed by atoms with Crippen molar-refractivity contribution in [1.29, 1.82) is 0 Å². The van der Waals surface area contributed by atoms with E-state index in [2.05, 4.69) is 34.4 Å². The molecule has 6 heteroatoms. The van der Waals surface area contributed by atoms with Crippen LogP contribution in [0.1, 0.15) is 35.7 Å². The van der Waals surface area contributed by atoms with Crippen LogP contribution < -0.4 is 10.6 Å². The Kier molecular flexibility index (Phi) is 6.79. The highest BCUT2D eigenvalue weighted by Gasteiger charge is 2.11. The number of amides is 1. The van der Waals surface area contributed by atoms with Crippen molar-refractivity contribution >= 4 is 17.4 Å². The maximum absolute atomic E-state index is 12.5. The lowest BCUT2D eigenvalue weighted by Crippen LogP contribution is -2.39. The summed E-state index contributed by atoms with van der Waals surface area (Å²) < 4.78 is 5.35. The molecule has 0 spiro atoms. The summed E-state index contributed by atoms with van der Waals surface area (Å²) in [5, 5.41) is 6.24. The van der Waals surface area contributed by atoms with Gasteiger partial charge in [-0.1, -0.05) is 26.0 Å². The van der Waals surface area contributed by atoms with E-state index in [1.165, 1.54) is 5.56 Å². The average Bonchev–Trinajstić information content (AvgIpc) is 2.69. The topological polar surface area (TPSA) is 66.5 Å². The lowest BCUT2D eigenvalue weighted by atomic mass is 10.0. The average molecular weight is 368 g/mol. The summed E-state index contributed by atoms with van der Waals surface area (Å²) in [6.07, 6.45) is 1.66. The van der Waals surface area contributed by atoms with Crippen LogP contribution in [0.25, 0.3) is 0 Å². The predicted molar refractivity (Wildman–Crippen MR) is 108 cm³/mol. The Labute approximate surface area is 160 Å². The van der Waals surface area contributed by atoms with Crippen LogP contribution in [0.15, 0.2) is 42.6 Å². The Bertz CT molecular complexity index is 740. The van der Waals surface area contributed by atoms with Crippen molar-refractivity contribution in [2.75, 3.05) is 50.0 Å². The largest absolute Gasteiger partial charge is 0.379 e. The molecule has 1 fully saturated rings. The SMILES string of the molecule is CC(C)c1ccc(NC(=O)c2ccnc(NCCN3CCOCC3)c2)cc1. The lowest BCUT2D eigenvalue weighted by Gasteiger charge is -2.26. The summed E-state index contributed by atoms with van der Waals surface area (Å²) >= 11 is 0. The lowest BCUT2D eigenvalue weighted by molar-refractivity contribution is 0.0398. The highest BCUT2D eigenvalue weighted by Crippen LogP contribution is 2.18. The number of nitrogens with zero attached hydrogens (tertiary/aromatic N) is 2. The summed E-state index contributed by atoms with van der Waals surface area (Å²) in [5.74, 6) is 1.05. The van der Waals surface area contributed by atoms with Crippen LogP contribution in [0.4, 0.5) is 11.5 Å². The molecule has 1 amide bonds. The van der Waals surface area contributed by atoms with Gasteiger partial charge in [-0.05, 0) is 35.7 Å². The molecular weight excluding hydrogens is 340 g/mol. The zero-order chi connectivity index (χ0) is 19.1. The first-order valence-corrected chi connectivity index (χ1v) is 9.53. The number of aromatic nitrogens is 1. The summed E-state index contributed by atoms with van der Waals surface area (Å²) in [7, 11) is 0. The third-order valence-corrected chi connectivity index (χ3v) is 4.70. The van der Waals surface area contributed by atoms with Gasteiger partial charge in [0.1, 0.15) is 5.82 Å². The van der Waals surface area contributed by atoms with Crippen LogP contribution in [0.5, 0.6) is 0 Å². The van der Waals surface area contributed by atoms with E-state index < -0.39 is 0 Å². The normalized spacial score (nSPS) is 14.9. The van der Waals surface area contributed by atoms with Gasteiger partial charge in [-0.15, -0.1) is 0 Å². The molecule has 0 aliphatic carbocycles. The second-order valence-electron chi connectivity index (χ2n) is 7.04. The molecule has 27 heavy (non-hydrogen) atoms. The number of anilines is 2. The fourth-order valence-electron chi connectivity index (χ4n) is 2.99. The number of carbonyl (C=O) groups excluding carboxylic acids is 1. The second kappa shape index (κ2) is 9.48. The van der Waals surface area contributed by atoms with Gasteiger partial charge in [-0.3, -0.25) is 9.69 Å². The standard InChI is InChI=1S/C21H28N4O2/c1-16(2)17-3-5-19(6-4-17)24-21(26)18-7-8-22-20(15-18)23-9-10-25-11-13-27-14-12-25/h3-8,15-16H,9-14H2,1-2H3,(H,22,23)(H,24,26). The van der Waals surface area contributed by atoms with Gasteiger partial charge in [-0.2, -0.15) is 0 Å². The van der Waals surface area contributed by atoms with E-state index in [1.807, 2.05) is 24.3 Å². The predicted octanol–water partition coefficient (Wildman–Crippen LogP) is 3.20. The van der Waals surface area contributed by atoms with Crippen molar-refractivity contribution in [1.82, 2.24) is 9.88 Å². The van der Waals surface area contributed by atoms with Crippen molar-refractivity contribution < 1.29 is 9.53 Å². The summed E-state index contributed by atoms with van der Waals surface area (Å²) in [6.45, 7) is 9.55. The molecule has 2 heterocycles. The molecule has 3 rings (SSSR count). The van der Waals surface area contributed by atoms with Crippen LogP contribution in [0.2, 0.25) is 0 Å². The van der Waals surface area contributed by atoms with Crippen LogP contribution in [-0.2, 0) is 4.74 Å². The maximum Gasteiger partial charge on any atom is 0.255 e. The number of nitrogens with one attached hydrogen (secondary N) is 2. The minimum atomic E-state index is -0.133. The third kappa shape index (κ3) is 5.77. The second-order valence-corrected chi connectivity index (χ2v) is 7.04. The molecule has 2 aromatic rings. The van der Waals surface area contributed by atoms with Gasteiger partial charge in [0.15, 0.2) is 0 Å². The summed E-state index contributed by atoms with van der Waals surface area (Å²) in [4.78, 5) is 19.2. The molecule has 1 aromatic heterocycles. The Morgan fingerprint density at radius 2 is 1.93 bits per heavy atom. The number of pyridine rings is 1. The van der Waals surface area contributed by atoms with E-state index >= 15 is 0 Å². The fourth-order valence-corrected chi connectivity index (χ4v) is 2.99. The Hall–Kier alpha value is -2.44. The quantitative estimate of drug-likeness (QED) is 0.786. The molecule has 2 N–H and O–H groups in total. The first kappa shape index (κ1) is 19.3. The first-order chi connectivity index (χ1) is 13.1. The molecule has 0 saturated carbocycles. The number of carbonyl (C=O) groups is 1. The highest BCUT2D eigenvalue weighted by atomic mass is 16.5. The molecule has 0 atom stereocenters. The monoisotopic (exact) mass is 368 g/mol. The van der Waals surface area contributed by atoms with Crippen molar-refractivity contribution in [3.8, 4) is 0 Å². The number of hydrogen-bond acceptors (Lipinski definition) is 5. The molecule has 0 unspecified atom stereocenters. The minimum absolute atomic E-state index is 0.133. The van der Waals surface area contributed by atoms with Crippen molar-refractivity contribution in [3.05, 3.63) is 53.7 Å². The van der Waals surface area contributed by atoms with Gasteiger partial charge in [-0.25, -0.2) is 4.98 Å². The van der Waals surface area contributed by atoms with Gasteiger partial charge in [0.2, 0.25) is 0 Å². The van der Waals surface area contributed by atoms with Gasteiger partial charge < -0.3 is 15.4 Å². The number of benzene rings is 1. The highest BCUT2D eigenvalue weighted by molar-refractivity contribution is 6.04. The third-order valence-electron chi connectivity index (χ3n) is 4.70. The fraction of sp³-hybridized carbons (Fsp3) is 0.429. The zero-order valence-electron chi connectivity index (χ0n) is 16.1. The Morgan fingerprint density at radius 3 is 2.63 bits per heavy atom. The molecule has 1 aliphatic rings. The van der Waals surface area contributed by atoms with E-state index in [-0.39, 0.29) is 5.91 Å². The number of rotatable bonds is 7. The maximum atomic E-state index is 12.5. The van der Waals surface area contributed by atoms with E-state index in [4.69, 9.17) is 4.74 Å². The number of morpholine rings is 1. The molecule has 144 valence electrons. The molecular formula is C21H28N4O2. The molecule has 1 saturated heterocycles. The van der Waals surface area contributed by atoms with Crippen molar-refractivity contribution in [2.45, 2.75) is 19.8 Å². The number of ether oxygens (including phenoxy) is 1. The van der Waals surface area contributed by atoms with E-state index in [1.54, 1.807) is 18.3 Å². The molecule has 0 bridgehead atoms. The van der Waals surface area contributed by atoms with Crippen LogP contribution >= 0.6 is 0 Å². The van der Waals surface area contributed by atoms with Gasteiger partial charge in [0.25, 0.3) is 5.91 Å². The molecule has 0 radical (unpaired) electrons. The van der Waals surface area contributed by atoms with Crippen LogP contribution in [0, 0.1) is 0 Å². The molecule has 6 nitrogen and oxygen atoms in total. The van der Waals surface area contributed by atoms with Gasteiger partial charge in [0, 0.05) is 43.6 Å². The summed E-state index contributed by atoms with van der Waals surface area (Å²) in [5.41, 5.74) is 2.64. The Morgan fingerprint density at radius 1 is 1.19 bits per heavy atom. The first-order valence-electron chi connectivity index (χ1n) is 9.53. The van der Waals surface area contributed by atoms with Gasteiger partial charge in [0.05, 0.1) is 13.2 Å². The van der Waals surface area contributed by atoms with E-state index in [0.29, 0.717) is 17.3 Å². The van der Waals surface area contributed by atoms with Gasteiger partial charge >= 0.3 is 0 Å². The Balaban J connectivity index is 1.53. The smallest absolute Gasteiger partial charge is 0.255 e. The van der Waals surface area contributed by atoms with Crippen LogP contribution in [-0.4, -0.2) is 55.2 Å². The molecule has 1 aromatic carbocycles. The van der Waals surface area contributed by atoms with Crippen molar-refractivity contribution in [3.63, 3.8) is 0 Å². The minimum Gasteiger partial charge on any atom is -0.379 e. The molecule has 1 aliphatic heterocycles. The van der Waals surface area contributed by atoms with E-state index in [9.17, 15) is 4.79 Å². The number of hydrogen-bond donors (Lipinski definition) is 2. The summed E-state index contributed by atoms with van der Waals surface area (Å²) in [6, 6.07) is 11.5.